The number of rotatable bonds is 5. The molecule has 33 heavy (non-hydrogen) atoms. The molecule has 1 saturated heterocycles. The number of benzene rings is 1. The summed E-state index contributed by atoms with van der Waals surface area (Å²) in [5.74, 6) is 0.812. The largest absolute Gasteiger partial charge is 0.479 e. The minimum Gasteiger partial charge on any atom is -0.479 e. The summed E-state index contributed by atoms with van der Waals surface area (Å²) in [5.41, 5.74) is 3.59. The second-order valence-corrected chi connectivity index (χ2v) is 8.19. The topological polar surface area (TPSA) is 67.6 Å². The van der Waals surface area contributed by atoms with Gasteiger partial charge in [0, 0.05) is 42.5 Å². The standard InChI is InChI=1S/C23H23F3N6O/c1-33-21-20-18(15-4-5-19-16(13-15)3-2-9-27-19)8-12-32(20)30-22(29-21)28-17-6-10-31(11-7-17)14-23(24,25)26/h2-5,8-9,12-13,17H,6-7,10-11,14H2,1H3,(H,28,30). The van der Waals surface area contributed by atoms with E-state index in [9.17, 15) is 13.2 Å². The van der Waals surface area contributed by atoms with Crippen LogP contribution < -0.4 is 10.1 Å². The number of hydrogen-bond acceptors (Lipinski definition) is 6. The molecule has 0 spiro atoms. The third kappa shape index (κ3) is 4.56. The zero-order valence-electron chi connectivity index (χ0n) is 18.0. The lowest BCUT2D eigenvalue weighted by Crippen LogP contribution is -2.43. The number of nitrogens with zero attached hydrogens (tertiary/aromatic N) is 5. The number of ether oxygens (including phenoxy) is 1. The van der Waals surface area contributed by atoms with Gasteiger partial charge in [-0.2, -0.15) is 18.2 Å². The smallest absolute Gasteiger partial charge is 0.401 e. The highest BCUT2D eigenvalue weighted by molar-refractivity contribution is 5.90. The summed E-state index contributed by atoms with van der Waals surface area (Å²) in [6, 6.07) is 11.9. The first-order valence-corrected chi connectivity index (χ1v) is 10.7. The number of alkyl halides is 3. The van der Waals surface area contributed by atoms with Gasteiger partial charge in [0.15, 0.2) is 0 Å². The summed E-state index contributed by atoms with van der Waals surface area (Å²) >= 11 is 0. The molecule has 4 aromatic rings. The number of aromatic nitrogens is 4. The van der Waals surface area contributed by atoms with Crippen LogP contribution in [0.4, 0.5) is 19.1 Å². The van der Waals surface area contributed by atoms with Gasteiger partial charge < -0.3 is 10.1 Å². The van der Waals surface area contributed by atoms with Crippen LogP contribution in [0.3, 0.4) is 0 Å². The van der Waals surface area contributed by atoms with Crippen molar-refractivity contribution in [2.75, 3.05) is 32.1 Å². The summed E-state index contributed by atoms with van der Waals surface area (Å²) in [7, 11) is 1.56. The fraction of sp³-hybridized carbons (Fsp3) is 0.348. The van der Waals surface area contributed by atoms with Crippen LogP contribution in [0.15, 0.2) is 48.8 Å². The van der Waals surface area contributed by atoms with E-state index >= 15 is 0 Å². The van der Waals surface area contributed by atoms with Crippen LogP contribution >= 0.6 is 0 Å². The number of hydrogen-bond donors (Lipinski definition) is 1. The summed E-state index contributed by atoms with van der Waals surface area (Å²) in [6.07, 6.45) is 0.611. The fourth-order valence-corrected chi connectivity index (χ4v) is 4.34. The van der Waals surface area contributed by atoms with Gasteiger partial charge >= 0.3 is 6.18 Å². The highest BCUT2D eigenvalue weighted by atomic mass is 19.4. The van der Waals surface area contributed by atoms with Crippen molar-refractivity contribution in [3.05, 3.63) is 48.8 Å². The maximum atomic E-state index is 12.6. The van der Waals surface area contributed by atoms with Crippen LogP contribution in [0.25, 0.3) is 27.5 Å². The van der Waals surface area contributed by atoms with Crippen molar-refractivity contribution in [1.82, 2.24) is 24.5 Å². The van der Waals surface area contributed by atoms with E-state index in [0.717, 1.165) is 27.5 Å². The van der Waals surface area contributed by atoms with Gasteiger partial charge in [-0.15, -0.1) is 5.10 Å². The second kappa shape index (κ2) is 8.51. The van der Waals surface area contributed by atoms with Crippen molar-refractivity contribution in [2.24, 2.45) is 0 Å². The van der Waals surface area contributed by atoms with Crippen LogP contribution in [-0.2, 0) is 0 Å². The zero-order chi connectivity index (χ0) is 23.0. The lowest BCUT2D eigenvalue weighted by molar-refractivity contribution is -0.147. The van der Waals surface area contributed by atoms with Gasteiger partial charge in [-0.25, -0.2) is 4.52 Å². The zero-order valence-corrected chi connectivity index (χ0v) is 18.0. The van der Waals surface area contributed by atoms with Gasteiger partial charge in [0.05, 0.1) is 19.2 Å². The second-order valence-electron chi connectivity index (χ2n) is 8.19. The minimum absolute atomic E-state index is 0.000315. The molecule has 0 unspecified atom stereocenters. The molecule has 0 saturated carbocycles. The Morgan fingerprint density at radius 1 is 1.15 bits per heavy atom. The monoisotopic (exact) mass is 456 g/mol. The number of fused-ring (bicyclic) bond motifs is 2. The van der Waals surface area contributed by atoms with E-state index in [0.29, 0.717) is 37.8 Å². The number of methoxy groups -OCH3 is 1. The highest BCUT2D eigenvalue weighted by Crippen LogP contribution is 2.33. The molecule has 5 rings (SSSR count). The Kier molecular flexibility index (Phi) is 5.53. The Hall–Kier alpha value is -3.40. The molecular formula is C23H23F3N6O. The van der Waals surface area contributed by atoms with Crippen molar-refractivity contribution < 1.29 is 17.9 Å². The molecule has 1 aliphatic rings. The number of piperidine rings is 1. The number of likely N-dealkylation sites (tertiary alicyclic amines) is 1. The maximum absolute atomic E-state index is 12.6. The van der Waals surface area contributed by atoms with Gasteiger partial charge in [-0.1, -0.05) is 12.1 Å². The number of nitrogens with one attached hydrogen (secondary N) is 1. The molecule has 3 aromatic heterocycles. The van der Waals surface area contributed by atoms with Crippen LogP contribution in [0.5, 0.6) is 5.88 Å². The summed E-state index contributed by atoms with van der Waals surface area (Å²) in [5, 5.41) is 8.87. The molecule has 10 heteroatoms. The predicted molar refractivity (Wildman–Crippen MR) is 119 cm³/mol. The molecule has 0 atom stereocenters. The van der Waals surface area contributed by atoms with Crippen molar-refractivity contribution >= 4 is 22.4 Å². The molecule has 0 aliphatic carbocycles. The Balaban J connectivity index is 1.38. The van der Waals surface area contributed by atoms with Crippen LogP contribution in [-0.4, -0.2) is 63.4 Å². The molecule has 172 valence electrons. The molecule has 0 radical (unpaired) electrons. The first-order valence-electron chi connectivity index (χ1n) is 10.7. The van der Waals surface area contributed by atoms with Crippen LogP contribution in [0.2, 0.25) is 0 Å². The lowest BCUT2D eigenvalue weighted by Gasteiger charge is -2.32. The Morgan fingerprint density at radius 2 is 1.97 bits per heavy atom. The summed E-state index contributed by atoms with van der Waals surface area (Å²) in [4.78, 5) is 10.3. The molecular weight excluding hydrogens is 433 g/mol. The van der Waals surface area contributed by atoms with Gasteiger partial charge in [0.2, 0.25) is 11.8 Å². The third-order valence-corrected chi connectivity index (χ3v) is 5.91. The first-order chi connectivity index (χ1) is 15.9. The van der Waals surface area contributed by atoms with Crippen molar-refractivity contribution in [3.8, 4) is 17.0 Å². The van der Waals surface area contributed by atoms with E-state index in [2.05, 4.69) is 26.4 Å². The van der Waals surface area contributed by atoms with Gasteiger partial charge in [0.1, 0.15) is 5.52 Å². The van der Waals surface area contributed by atoms with Crippen LogP contribution in [0, 0.1) is 0 Å². The number of halogens is 3. The molecule has 0 amide bonds. The van der Waals surface area contributed by atoms with Gasteiger partial charge in [-0.05, 0) is 42.7 Å². The number of anilines is 1. The van der Waals surface area contributed by atoms with Crippen LogP contribution in [0.1, 0.15) is 12.8 Å². The fourth-order valence-electron chi connectivity index (χ4n) is 4.34. The Bertz CT molecular complexity index is 1280. The van der Waals surface area contributed by atoms with E-state index in [1.54, 1.807) is 17.8 Å². The molecule has 4 heterocycles. The summed E-state index contributed by atoms with van der Waals surface area (Å²) in [6.45, 7) is -0.116. The average molecular weight is 456 g/mol. The quantitative estimate of drug-likeness (QED) is 0.481. The van der Waals surface area contributed by atoms with E-state index in [-0.39, 0.29) is 6.04 Å². The molecule has 1 N–H and O–H groups in total. The van der Waals surface area contributed by atoms with Crippen molar-refractivity contribution in [3.63, 3.8) is 0 Å². The summed E-state index contributed by atoms with van der Waals surface area (Å²) < 4.78 is 45.2. The molecule has 7 nitrogen and oxygen atoms in total. The first kappa shape index (κ1) is 21.4. The van der Waals surface area contributed by atoms with E-state index in [1.807, 2.05) is 36.5 Å². The Labute approximate surface area is 188 Å². The lowest BCUT2D eigenvalue weighted by atomic mass is 10.0. The van der Waals surface area contributed by atoms with E-state index < -0.39 is 12.7 Å². The normalized spacial score (nSPS) is 15.9. The van der Waals surface area contributed by atoms with Gasteiger partial charge in [0.25, 0.3) is 0 Å². The highest BCUT2D eigenvalue weighted by Gasteiger charge is 2.32. The Morgan fingerprint density at radius 3 is 2.73 bits per heavy atom. The SMILES string of the molecule is COc1nc(NC2CCN(CC(F)(F)F)CC2)nn2ccc(-c3ccc4ncccc4c3)c12. The van der Waals surface area contributed by atoms with Gasteiger partial charge in [-0.3, -0.25) is 9.88 Å². The molecule has 1 aromatic carbocycles. The predicted octanol–water partition coefficient (Wildman–Crippen LogP) is 4.39. The molecule has 0 bridgehead atoms. The average Bonchev–Trinajstić information content (AvgIpc) is 3.22. The third-order valence-electron chi connectivity index (χ3n) is 5.91. The van der Waals surface area contributed by atoms with Crippen molar-refractivity contribution in [1.29, 1.82) is 0 Å². The number of pyridine rings is 1. The van der Waals surface area contributed by atoms with E-state index in [4.69, 9.17) is 4.74 Å². The molecule has 1 fully saturated rings. The maximum Gasteiger partial charge on any atom is 0.401 e. The van der Waals surface area contributed by atoms with E-state index in [1.165, 1.54) is 4.90 Å². The van der Waals surface area contributed by atoms with Crippen molar-refractivity contribution in [2.45, 2.75) is 25.1 Å². The minimum atomic E-state index is -4.17. The molecule has 1 aliphatic heterocycles.